The second kappa shape index (κ2) is 8.15. The van der Waals surface area contributed by atoms with E-state index < -0.39 is 12.0 Å². The second-order valence-electron chi connectivity index (χ2n) is 5.51. The molecule has 0 heterocycles. The van der Waals surface area contributed by atoms with Crippen molar-refractivity contribution in [3.63, 3.8) is 0 Å². The zero-order valence-corrected chi connectivity index (χ0v) is 13.9. The summed E-state index contributed by atoms with van der Waals surface area (Å²) in [6, 6.07) is 14.0. The molecule has 2 aromatic rings. The maximum absolute atomic E-state index is 12.7. The molecule has 5 nitrogen and oxygen atoms in total. The van der Waals surface area contributed by atoms with Gasteiger partial charge in [0.2, 0.25) is 0 Å². The van der Waals surface area contributed by atoms with Crippen LogP contribution in [0, 0.1) is 0 Å². The molecule has 1 amide bonds. The van der Waals surface area contributed by atoms with Gasteiger partial charge in [-0.1, -0.05) is 43.7 Å². The van der Waals surface area contributed by atoms with Gasteiger partial charge in [-0.3, -0.25) is 4.79 Å². The SMILES string of the molecule is CCC[C@@H](NC(=O)c1ccc(N)cc1-c1ccccc1)C(=O)OC. The number of methoxy groups -OCH3 is 1. The van der Waals surface area contributed by atoms with Crippen LogP contribution in [0.2, 0.25) is 0 Å². The molecule has 0 aliphatic rings. The summed E-state index contributed by atoms with van der Waals surface area (Å²) < 4.78 is 4.76. The van der Waals surface area contributed by atoms with Crippen molar-refractivity contribution < 1.29 is 14.3 Å². The summed E-state index contributed by atoms with van der Waals surface area (Å²) in [5, 5.41) is 2.76. The summed E-state index contributed by atoms with van der Waals surface area (Å²) in [7, 11) is 1.32. The van der Waals surface area contributed by atoms with Gasteiger partial charge in [0.15, 0.2) is 0 Å². The molecule has 0 aliphatic heterocycles. The molecule has 0 bridgehead atoms. The Balaban J connectivity index is 2.34. The van der Waals surface area contributed by atoms with Gasteiger partial charge < -0.3 is 15.8 Å². The van der Waals surface area contributed by atoms with Crippen molar-refractivity contribution in [1.82, 2.24) is 5.32 Å². The van der Waals surface area contributed by atoms with E-state index in [1.807, 2.05) is 37.3 Å². The molecule has 0 saturated carbocycles. The predicted octanol–water partition coefficient (Wildman–Crippen LogP) is 3.01. The molecule has 3 N–H and O–H groups in total. The van der Waals surface area contributed by atoms with Gasteiger partial charge in [-0.25, -0.2) is 4.79 Å². The molecule has 2 aromatic carbocycles. The number of hydrogen-bond acceptors (Lipinski definition) is 4. The van der Waals surface area contributed by atoms with E-state index in [-0.39, 0.29) is 5.91 Å². The van der Waals surface area contributed by atoms with Crippen LogP contribution in [-0.4, -0.2) is 25.0 Å². The number of nitrogen functional groups attached to an aromatic ring is 1. The standard InChI is InChI=1S/C19H22N2O3/c1-3-7-17(19(23)24-2)21-18(22)15-11-10-14(20)12-16(15)13-8-5-4-6-9-13/h4-6,8-12,17H,3,7,20H2,1-2H3,(H,21,22)/t17-/m1/s1. The highest BCUT2D eigenvalue weighted by atomic mass is 16.5. The monoisotopic (exact) mass is 326 g/mol. The quantitative estimate of drug-likeness (QED) is 0.631. The van der Waals surface area contributed by atoms with Crippen LogP contribution in [0.25, 0.3) is 11.1 Å². The molecule has 0 fully saturated rings. The highest BCUT2D eigenvalue weighted by Crippen LogP contribution is 2.26. The number of nitrogens with one attached hydrogen (secondary N) is 1. The molecule has 0 radical (unpaired) electrons. The van der Waals surface area contributed by atoms with Crippen LogP contribution in [0.4, 0.5) is 5.69 Å². The van der Waals surface area contributed by atoms with Gasteiger partial charge in [-0.05, 0) is 35.7 Å². The number of carbonyl (C=O) groups is 2. The van der Waals surface area contributed by atoms with E-state index in [1.165, 1.54) is 7.11 Å². The zero-order chi connectivity index (χ0) is 17.5. The number of carbonyl (C=O) groups excluding carboxylic acids is 2. The summed E-state index contributed by atoms with van der Waals surface area (Å²) in [4.78, 5) is 24.5. The van der Waals surface area contributed by atoms with Crippen molar-refractivity contribution in [2.45, 2.75) is 25.8 Å². The lowest BCUT2D eigenvalue weighted by Crippen LogP contribution is -2.41. The minimum Gasteiger partial charge on any atom is -0.467 e. The molecule has 0 spiro atoms. The molecule has 0 unspecified atom stereocenters. The number of benzene rings is 2. The Morgan fingerprint density at radius 3 is 2.50 bits per heavy atom. The highest BCUT2D eigenvalue weighted by Gasteiger charge is 2.22. The topological polar surface area (TPSA) is 81.4 Å². The first-order valence-corrected chi connectivity index (χ1v) is 7.90. The number of ether oxygens (including phenoxy) is 1. The lowest BCUT2D eigenvalue weighted by atomic mass is 9.98. The van der Waals surface area contributed by atoms with Gasteiger partial charge in [-0.2, -0.15) is 0 Å². The van der Waals surface area contributed by atoms with Crippen LogP contribution in [0.5, 0.6) is 0 Å². The first kappa shape index (κ1) is 17.5. The third-order valence-corrected chi connectivity index (χ3v) is 3.74. The van der Waals surface area contributed by atoms with Gasteiger partial charge in [0.25, 0.3) is 5.91 Å². The summed E-state index contributed by atoms with van der Waals surface area (Å²) in [6.07, 6.45) is 1.28. The van der Waals surface area contributed by atoms with Gasteiger partial charge >= 0.3 is 5.97 Å². The number of rotatable bonds is 6. The van der Waals surface area contributed by atoms with Crippen LogP contribution in [-0.2, 0) is 9.53 Å². The third kappa shape index (κ3) is 4.13. The molecule has 1 atom stereocenters. The fraction of sp³-hybridized carbons (Fsp3) is 0.263. The number of esters is 1. The zero-order valence-electron chi connectivity index (χ0n) is 13.9. The molecule has 0 saturated heterocycles. The Morgan fingerprint density at radius 2 is 1.88 bits per heavy atom. The maximum Gasteiger partial charge on any atom is 0.328 e. The molecule has 0 aliphatic carbocycles. The van der Waals surface area contributed by atoms with Crippen LogP contribution in [0.1, 0.15) is 30.1 Å². The molecular weight excluding hydrogens is 304 g/mol. The van der Waals surface area contributed by atoms with Crippen molar-refractivity contribution in [3.8, 4) is 11.1 Å². The van der Waals surface area contributed by atoms with Crippen LogP contribution in [0.15, 0.2) is 48.5 Å². The smallest absolute Gasteiger partial charge is 0.328 e. The Hall–Kier alpha value is -2.82. The van der Waals surface area contributed by atoms with Crippen LogP contribution >= 0.6 is 0 Å². The number of amides is 1. The van der Waals surface area contributed by atoms with Crippen molar-refractivity contribution in [2.75, 3.05) is 12.8 Å². The van der Waals surface area contributed by atoms with E-state index in [0.717, 1.165) is 17.5 Å². The predicted molar refractivity (Wildman–Crippen MR) is 94.5 cm³/mol. The summed E-state index contributed by atoms with van der Waals surface area (Å²) >= 11 is 0. The minimum absolute atomic E-state index is 0.322. The van der Waals surface area contributed by atoms with Gasteiger partial charge in [-0.15, -0.1) is 0 Å². The summed E-state index contributed by atoms with van der Waals surface area (Å²) in [5.74, 6) is -0.764. The normalized spacial score (nSPS) is 11.6. The Morgan fingerprint density at radius 1 is 1.17 bits per heavy atom. The van der Waals surface area contributed by atoms with E-state index in [9.17, 15) is 9.59 Å². The van der Waals surface area contributed by atoms with Crippen molar-refractivity contribution >= 4 is 17.6 Å². The van der Waals surface area contributed by atoms with Gasteiger partial charge in [0, 0.05) is 11.3 Å². The second-order valence-corrected chi connectivity index (χ2v) is 5.51. The molecular formula is C19H22N2O3. The molecule has 0 aromatic heterocycles. The lowest BCUT2D eigenvalue weighted by molar-refractivity contribution is -0.143. The van der Waals surface area contributed by atoms with E-state index >= 15 is 0 Å². The Kier molecular flexibility index (Phi) is 5.95. The molecule has 126 valence electrons. The number of hydrogen-bond donors (Lipinski definition) is 2. The van der Waals surface area contributed by atoms with Gasteiger partial charge in [0.1, 0.15) is 6.04 Å². The van der Waals surface area contributed by atoms with Crippen molar-refractivity contribution in [2.24, 2.45) is 0 Å². The fourth-order valence-electron chi connectivity index (χ4n) is 2.53. The summed E-state index contributed by atoms with van der Waals surface area (Å²) in [6.45, 7) is 1.95. The van der Waals surface area contributed by atoms with Gasteiger partial charge in [0.05, 0.1) is 7.11 Å². The summed E-state index contributed by atoms with van der Waals surface area (Å²) in [5.41, 5.74) is 8.54. The maximum atomic E-state index is 12.7. The largest absolute Gasteiger partial charge is 0.467 e. The van der Waals surface area contributed by atoms with Crippen molar-refractivity contribution in [1.29, 1.82) is 0 Å². The van der Waals surface area contributed by atoms with E-state index in [2.05, 4.69) is 5.32 Å². The van der Waals surface area contributed by atoms with Crippen LogP contribution in [0.3, 0.4) is 0 Å². The highest BCUT2D eigenvalue weighted by molar-refractivity contribution is 6.03. The minimum atomic E-state index is -0.659. The average molecular weight is 326 g/mol. The Labute approximate surface area is 141 Å². The number of anilines is 1. The van der Waals surface area contributed by atoms with E-state index in [0.29, 0.717) is 17.7 Å². The average Bonchev–Trinajstić information content (AvgIpc) is 2.61. The molecule has 5 heteroatoms. The van der Waals surface area contributed by atoms with E-state index in [1.54, 1.807) is 18.2 Å². The third-order valence-electron chi connectivity index (χ3n) is 3.74. The fourth-order valence-corrected chi connectivity index (χ4v) is 2.53. The van der Waals surface area contributed by atoms with Crippen LogP contribution < -0.4 is 11.1 Å². The first-order chi connectivity index (χ1) is 11.6. The Bertz CT molecular complexity index is 714. The van der Waals surface area contributed by atoms with E-state index in [4.69, 9.17) is 10.5 Å². The lowest BCUT2D eigenvalue weighted by Gasteiger charge is -2.17. The first-order valence-electron chi connectivity index (χ1n) is 7.90. The number of nitrogens with two attached hydrogens (primary N) is 1. The molecule has 2 rings (SSSR count). The molecule has 24 heavy (non-hydrogen) atoms. The van der Waals surface area contributed by atoms with Crippen molar-refractivity contribution in [3.05, 3.63) is 54.1 Å².